The van der Waals surface area contributed by atoms with Gasteiger partial charge in [0, 0.05) is 42.2 Å². The molecule has 152 valence electrons. The van der Waals surface area contributed by atoms with E-state index in [1.165, 1.54) is 11.8 Å². The minimum Gasteiger partial charge on any atom is -0.363 e. The van der Waals surface area contributed by atoms with E-state index in [2.05, 4.69) is 16.0 Å². The molecule has 0 unspecified atom stereocenters. The van der Waals surface area contributed by atoms with Gasteiger partial charge in [-0.1, -0.05) is 23.7 Å². The van der Waals surface area contributed by atoms with Crippen LogP contribution in [0.3, 0.4) is 0 Å². The molecule has 2 heterocycles. The highest BCUT2D eigenvalue weighted by Gasteiger charge is 2.40. The maximum absolute atomic E-state index is 13.0. The Hall–Kier alpha value is -2.51. The summed E-state index contributed by atoms with van der Waals surface area (Å²) in [5.74, 6) is -0.804. The number of primary amides is 1. The predicted octanol–water partition coefficient (Wildman–Crippen LogP) is 2.07. The Balaban J connectivity index is 1.50. The van der Waals surface area contributed by atoms with Crippen LogP contribution in [0.1, 0.15) is 57.9 Å². The Kier molecular flexibility index (Phi) is 5.27. The monoisotopic (exact) mass is 413 g/mol. The normalized spacial score (nSPS) is 24.3. The molecule has 29 heavy (non-hydrogen) atoms. The third kappa shape index (κ3) is 3.60. The van der Waals surface area contributed by atoms with E-state index in [0.717, 1.165) is 30.7 Å². The van der Waals surface area contributed by atoms with Gasteiger partial charge in [-0.05, 0) is 43.4 Å². The summed E-state index contributed by atoms with van der Waals surface area (Å²) in [6.07, 6.45) is 5.59. The van der Waals surface area contributed by atoms with Crippen LogP contribution in [0.2, 0.25) is 5.02 Å². The highest BCUT2D eigenvalue weighted by atomic mass is 35.5. The second kappa shape index (κ2) is 7.72. The molecular weight excluding hydrogens is 390 g/mol. The Labute approximate surface area is 174 Å². The van der Waals surface area contributed by atoms with Crippen molar-refractivity contribution in [2.75, 3.05) is 13.1 Å². The summed E-state index contributed by atoms with van der Waals surface area (Å²) in [5.41, 5.74) is 13.6. The summed E-state index contributed by atoms with van der Waals surface area (Å²) >= 11 is 6.20. The molecule has 8 heteroatoms. The zero-order valence-corrected chi connectivity index (χ0v) is 16.9. The van der Waals surface area contributed by atoms with Crippen LogP contribution in [0.4, 0.5) is 0 Å². The minimum absolute atomic E-state index is 0.0445. The third-order valence-electron chi connectivity index (χ3n) is 6.35. The maximum atomic E-state index is 13.0. The maximum Gasteiger partial charge on any atom is 0.286 e. The molecule has 7 nitrogen and oxygen atoms in total. The summed E-state index contributed by atoms with van der Waals surface area (Å²) in [6, 6.07) is 8.09. The van der Waals surface area contributed by atoms with Crippen molar-refractivity contribution in [2.24, 2.45) is 11.5 Å². The standard InChI is InChI=1S/C21H24ClN5O2/c22-14-3-1-2-13(10-14)21(12-23)7-4-15(5-8-21)27-9-6-17-16(20(27)29)11-25-19(26-17)18(24)28/h1-3,10-11,15H,4-9,12,23H2,(H2,24,28)/t15-,21-. The molecule has 2 aliphatic rings. The molecule has 0 saturated heterocycles. The predicted molar refractivity (Wildman–Crippen MR) is 110 cm³/mol. The van der Waals surface area contributed by atoms with Gasteiger partial charge in [-0.3, -0.25) is 9.59 Å². The van der Waals surface area contributed by atoms with Crippen molar-refractivity contribution in [1.82, 2.24) is 14.9 Å². The first-order valence-corrected chi connectivity index (χ1v) is 10.2. The van der Waals surface area contributed by atoms with E-state index in [-0.39, 0.29) is 23.2 Å². The summed E-state index contributed by atoms with van der Waals surface area (Å²) in [4.78, 5) is 34.4. The van der Waals surface area contributed by atoms with E-state index in [9.17, 15) is 9.59 Å². The molecule has 2 amide bonds. The van der Waals surface area contributed by atoms with Crippen LogP contribution in [0.5, 0.6) is 0 Å². The molecule has 0 radical (unpaired) electrons. The Morgan fingerprint density at radius 1 is 1.31 bits per heavy atom. The van der Waals surface area contributed by atoms with Crippen LogP contribution in [0.25, 0.3) is 0 Å². The van der Waals surface area contributed by atoms with E-state index in [4.69, 9.17) is 23.1 Å². The molecule has 1 aliphatic heterocycles. The number of benzene rings is 1. The summed E-state index contributed by atoms with van der Waals surface area (Å²) in [7, 11) is 0. The number of carbonyl (C=O) groups excluding carboxylic acids is 2. The molecule has 0 spiro atoms. The number of hydrogen-bond donors (Lipinski definition) is 2. The van der Waals surface area contributed by atoms with Gasteiger partial charge in [-0.25, -0.2) is 9.97 Å². The first kappa shape index (κ1) is 19.8. The number of rotatable bonds is 4. The van der Waals surface area contributed by atoms with E-state index < -0.39 is 5.91 Å². The summed E-state index contributed by atoms with van der Waals surface area (Å²) < 4.78 is 0. The molecule has 4 rings (SSSR count). The van der Waals surface area contributed by atoms with E-state index in [1.54, 1.807) is 0 Å². The average Bonchev–Trinajstić information content (AvgIpc) is 2.74. The SMILES string of the molecule is NC[C@]1(c2cccc(Cl)c2)CC[C@H](N2CCc3nc(C(N)=O)ncc3C2=O)CC1. The van der Waals surface area contributed by atoms with Crippen molar-refractivity contribution in [2.45, 2.75) is 43.6 Å². The lowest BCUT2D eigenvalue weighted by atomic mass is 9.68. The number of halogens is 1. The molecule has 1 fully saturated rings. The number of carbonyl (C=O) groups is 2. The van der Waals surface area contributed by atoms with Crippen LogP contribution in [-0.4, -0.2) is 45.8 Å². The van der Waals surface area contributed by atoms with E-state index in [1.807, 2.05) is 23.1 Å². The van der Waals surface area contributed by atoms with Crippen LogP contribution in [-0.2, 0) is 11.8 Å². The Bertz CT molecular complexity index is 956. The van der Waals surface area contributed by atoms with Gasteiger partial charge in [-0.2, -0.15) is 0 Å². The molecule has 0 atom stereocenters. The first-order chi connectivity index (χ1) is 13.9. The van der Waals surface area contributed by atoms with Gasteiger partial charge in [0.25, 0.3) is 11.8 Å². The Morgan fingerprint density at radius 3 is 2.72 bits per heavy atom. The van der Waals surface area contributed by atoms with Crippen LogP contribution >= 0.6 is 11.6 Å². The third-order valence-corrected chi connectivity index (χ3v) is 6.58. The molecule has 1 saturated carbocycles. The van der Waals surface area contributed by atoms with Crippen molar-refractivity contribution in [1.29, 1.82) is 0 Å². The zero-order chi connectivity index (χ0) is 20.6. The lowest BCUT2D eigenvalue weighted by molar-refractivity contribution is 0.0571. The molecular formula is C21H24ClN5O2. The van der Waals surface area contributed by atoms with E-state index in [0.29, 0.717) is 30.8 Å². The van der Waals surface area contributed by atoms with Crippen molar-refractivity contribution < 1.29 is 9.59 Å². The van der Waals surface area contributed by atoms with Gasteiger partial charge in [0.05, 0.1) is 11.3 Å². The van der Waals surface area contributed by atoms with Crippen molar-refractivity contribution >= 4 is 23.4 Å². The lowest BCUT2D eigenvalue weighted by Crippen LogP contribution is -2.50. The van der Waals surface area contributed by atoms with Gasteiger partial charge in [0.15, 0.2) is 0 Å². The summed E-state index contributed by atoms with van der Waals surface area (Å²) in [5, 5.41) is 0.718. The number of nitrogens with two attached hydrogens (primary N) is 2. The molecule has 1 aromatic carbocycles. The van der Waals surface area contributed by atoms with Crippen LogP contribution in [0, 0.1) is 0 Å². The fourth-order valence-corrected chi connectivity index (χ4v) is 4.82. The van der Waals surface area contributed by atoms with Crippen LogP contribution < -0.4 is 11.5 Å². The molecule has 1 aromatic heterocycles. The largest absolute Gasteiger partial charge is 0.363 e. The number of aromatic nitrogens is 2. The molecule has 1 aliphatic carbocycles. The van der Waals surface area contributed by atoms with Gasteiger partial charge in [0.2, 0.25) is 5.82 Å². The summed E-state index contributed by atoms with van der Waals surface area (Å²) in [6.45, 7) is 1.14. The Morgan fingerprint density at radius 2 is 2.07 bits per heavy atom. The second-order valence-corrected chi connectivity index (χ2v) is 8.33. The smallest absolute Gasteiger partial charge is 0.286 e. The van der Waals surface area contributed by atoms with Gasteiger partial charge < -0.3 is 16.4 Å². The van der Waals surface area contributed by atoms with Gasteiger partial charge >= 0.3 is 0 Å². The highest BCUT2D eigenvalue weighted by molar-refractivity contribution is 6.30. The fraction of sp³-hybridized carbons (Fsp3) is 0.429. The quantitative estimate of drug-likeness (QED) is 0.796. The lowest BCUT2D eigenvalue weighted by Gasteiger charge is -2.44. The van der Waals surface area contributed by atoms with Crippen LogP contribution in [0.15, 0.2) is 30.5 Å². The minimum atomic E-state index is -0.686. The second-order valence-electron chi connectivity index (χ2n) is 7.89. The number of fused-ring (bicyclic) bond motifs is 1. The fourth-order valence-electron chi connectivity index (χ4n) is 4.63. The number of amides is 2. The number of nitrogens with zero attached hydrogens (tertiary/aromatic N) is 3. The van der Waals surface area contributed by atoms with Gasteiger partial charge in [0.1, 0.15) is 0 Å². The zero-order valence-electron chi connectivity index (χ0n) is 16.1. The van der Waals surface area contributed by atoms with Crippen molar-refractivity contribution in [3.05, 3.63) is 58.1 Å². The number of hydrogen-bond acceptors (Lipinski definition) is 5. The highest BCUT2D eigenvalue weighted by Crippen LogP contribution is 2.41. The topological polar surface area (TPSA) is 115 Å². The molecule has 0 bridgehead atoms. The molecule has 4 N–H and O–H groups in total. The van der Waals surface area contributed by atoms with E-state index >= 15 is 0 Å². The van der Waals surface area contributed by atoms with Crippen molar-refractivity contribution in [3.8, 4) is 0 Å². The average molecular weight is 414 g/mol. The van der Waals surface area contributed by atoms with Crippen molar-refractivity contribution in [3.63, 3.8) is 0 Å². The molecule has 2 aromatic rings. The van der Waals surface area contributed by atoms with Gasteiger partial charge in [-0.15, -0.1) is 0 Å². The first-order valence-electron chi connectivity index (χ1n) is 9.86.